The summed E-state index contributed by atoms with van der Waals surface area (Å²) in [5.41, 5.74) is 0.735. The van der Waals surface area contributed by atoms with Gasteiger partial charge in [-0.15, -0.1) is 0 Å². The Balaban J connectivity index is 2.12. The first-order valence-electron chi connectivity index (χ1n) is 7.90. The molecule has 0 bridgehead atoms. The highest BCUT2D eigenvalue weighted by Crippen LogP contribution is 2.36. The van der Waals surface area contributed by atoms with Crippen molar-refractivity contribution < 1.29 is 14.3 Å². The van der Waals surface area contributed by atoms with Crippen molar-refractivity contribution in [3.8, 4) is 5.75 Å². The molecular formula is C18H25NO3. The molecule has 1 aromatic rings. The Morgan fingerprint density at radius 3 is 2.45 bits per heavy atom. The molecule has 0 aliphatic heterocycles. The fourth-order valence-corrected chi connectivity index (χ4v) is 3.38. The quantitative estimate of drug-likeness (QED) is 0.926. The first-order valence-corrected chi connectivity index (χ1v) is 7.90. The highest BCUT2D eigenvalue weighted by Gasteiger charge is 2.40. The Labute approximate surface area is 132 Å². The van der Waals surface area contributed by atoms with E-state index in [9.17, 15) is 9.59 Å². The number of nitrogens with one attached hydrogen (secondary N) is 1. The van der Waals surface area contributed by atoms with E-state index in [4.69, 9.17) is 4.74 Å². The van der Waals surface area contributed by atoms with E-state index < -0.39 is 0 Å². The molecule has 0 radical (unpaired) electrons. The zero-order valence-corrected chi connectivity index (χ0v) is 13.8. The van der Waals surface area contributed by atoms with Crippen molar-refractivity contribution in [2.75, 3.05) is 12.4 Å². The molecule has 1 aliphatic rings. The number of Topliss-reactive ketones (excluding diaryl/α,β-unsaturated/α-hetero) is 1. The minimum absolute atomic E-state index is 0.0521. The predicted molar refractivity (Wildman–Crippen MR) is 86.8 cm³/mol. The first-order chi connectivity index (χ1) is 10.4. The molecule has 1 saturated carbocycles. The highest BCUT2D eigenvalue weighted by molar-refractivity contribution is 5.97. The van der Waals surface area contributed by atoms with Gasteiger partial charge in [0.2, 0.25) is 5.91 Å². The van der Waals surface area contributed by atoms with Gasteiger partial charge in [-0.05, 0) is 42.5 Å². The summed E-state index contributed by atoms with van der Waals surface area (Å²) < 4.78 is 5.11. The lowest BCUT2D eigenvalue weighted by molar-refractivity contribution is -0.137. The number of anilines is 1. The van der Waals surface area contributed by atoms with Gasteiger partial charge >= 0.3 is 0 Å². The second kappa shape index (κ2) is 6.95. The van der Waals surface area contributed by atoms with E-state index >= 15 is 0 Å². The molecule has 3 atom stereocenters. The van der Waals surface area contributed by atoms with Crippen LogP contribution in [0.5, 0.6) is 5.75 Å². The standard InChI is InChI=1S/C18H25NO3/c1-11(2)17-15(9-12(3)10-16(17)20)18(21)19-13-5-7-14(22-4)8-6-13/h5-8,11-12,15,17H,9-10H2,1-4H3,(H,19,21). The maximum Gasteiger partial charge on any atom is 0.228 e. The summed E-state index contributed by atoms with van der Waals surface area (Å²) >= 11 is 0. The molecule has 4 nitrogen and oxygen atoms in total. The minimum atomic E-state index is -0.238. The average molecular weight is 303 g/mol. The van der Waals surface area contributed by atoms with Crippen molar-refractivity contribution in [2.24, 2.45) is 23.7 Å². The van der Waals surface area contributed by atoms with Crippen LogP contribution in [0, 0.1) is 23.7 Å². The van der Waals surface area contributed by atoms with Gasteiger partial charge in [0.05, 0.1) is 7.11 Å². The summed E-state index contributed by atoms with van der Waals surface area (Å²) in [5.74, 6) is 0.973. The van der Waals surface area contributed by atoms with Crippen LogP contribution in [-0.2, 0) is 9.59 Å². The van der Waals surface area contributed by atoms with E-state index in [1.165, 1.54) is 0 Å². The summed E-state index contributed by atoms with van der Waals surface area (Å²) in [6.45, 7) is 6.08. The molecular weight excluding hydrogens is 278 g/mol. The number of rotatable bonds is 4. The predicted octanol–water partition coefficient (Wildman–Crippen LogP) is 3.52. The molecule has 1 aromatic carbocycles. The third-order valence-electron chi connectivity index (χ3n) is 4.42. The lowest BCUT2D eigenvalue weighted by atomic mass is 9.69. The Bertz CT molecular complexity index is 536. The highest BCUT2D eigenvalue weighted by atomic mass is 16.5. The summed E-state index contributed by atoms with van der Waals surface area (Å²) in [6, 6.07) is 7.25. The Hall–Kier alpha value is -1.84. The molecule has 3 unspecified atom stereocenters. The molecule has 1 aliphatic carbocycles. The van der Waals surface area contributed by atoms with E-state index in [2.05, 4.69) is 5.32 Å². The van der Waals surface area contributed by atoms with Gasteiger partial charge < -0.3 is 10.1 Å². The zero-order valence-electron chi connectivity index (χ0n) is 13.8. The van der Waals surface area contributed by atoms with Crippen molar-refractivity contribution in [2.45, 2.75) is 33.6 Å². The Kier molecular flexibility index (Phi) is 5.22. The lowest BCUT2D eigenvalue weighted by Gasteiger charge is -2.35. The van der Waals surface area contributed by atoms with Crippen molar-refractivity contribution in [3.05, 3.63) is 24.3 Å². The second-order valence-corrected chi connectivity index (χ2v) is 6.61. The van der Waals surface area contributed by atoms with Crippen LogP contribution in [0.25, 0.3) is 0 Å². The normalized spacial score (nSPS) is 25.1. The summed E-state index contributed by atoms with van der Waals surface area (Å²) in [7, 11) is 1.61. The molecule has 0 saturated heterocycles. The van der Waals surface area contributed by atoms with Crippen LogP contribution in [0.3, 0.4) is 0 Å². The monoisotopic (exact) mass is 303 g/mol. The number of hydrogen-bond acceptors (Lipinski definition) is 3. The second-order valence-electron chi connectivity index (χ2n) is 6.61. The lowest BCUT2D eigenvalue weighted by Crippen LogP contribution is -2.42. The van der Waals surface area contributed by atoms with E-state index in [-0.39, 0.29) is 35.4 Å². The molecule has 22 heavy (non-hydrogen) atoms. The fraction of sp³-hybridized carbons (Fsp3) is 0.556. The molecule has 0 heterocycles. The number of benzene rings is 1. The molecule has 120 valence electrons. The van der Waals surface area contributed by atoms with Gasteiger partial charge in [-0.2, -0.15) is 0 Å². The zero-order chi connectivity index (χ0) is 16.3. The number of amides is 1. The first kappa shape index (κ1) is 16.5. The van der Waals surface area contributed by atoms with Gasteiger partial charge in [0.1, 0.15) is 11.5 Å². The largest absolute Gasteiger partial charge is 0.497 e. The molecule has 0 aromatic heterocycles. The smallest absolute Gasteiger partial charge is 0.228 e. The molecule has 4 heteroatoms. The number of ketones is 1. The molecule has 1 fully saturated rings. The van der Waals surface area contributed by atoms with Crippen molar-refractivity contribution in [1.82, 2.24) is 0 Å². The minimum Gasteiger partial charge on any atom is -0.497 e. The van der Waals surface area contributed by atoms with Crippen LogP contribution in [-0.4, -0.2) is 18.8 Å². The van der Waals surface area contributed by atoms with Crippen molar-refractivity contribution >= 4 is 17.4 Å². The van der Waals surface area contributed by atoms with E-state index in [1.54, 1.807) is 7.11 Å². The van der Waals surface area contributed by atoms with Crippen LogP contribution in [0.15, 0.2) is 24.3 Å². The van der Waals surface area contributed by atoms with Gasteiger partial charge in [-0.3, -0.25) is 9.59 Å². The maximum atomic E-state index is 12.6. The number of methoxy groups -OCH3 is 1. The third kappa shape index (κ3) is 3.67. The van der Waals surface area contributed by atoms with Crippen LogP contribution >= 0.6 is 0 Å². The average Bonchev–Trinajstić information content (AvgIpc) is 2.46. The number of ether oxygens (including phenoxy) is 1. The molecule has 2 rings (SSSR count). The topological polar surface area (TPSA) is 55.4 Å². The van der Waals surface area contributed by atoms with Crippen LogP contribution in [0.2, 0.25) is 0 Å². The summed E-state index contributed by atoms with van der Waals surface area (Å²) in [5, 5.41) is 2.94. The Morgan fingerprint density at radius 2 is 1.91 bits per heavy atom. The van der Waals surface area contributed by atoms with Crippen molar-refractivity contribution in [1.29, 1.82) is 0 Å². The van der Waals surface area contributed by atoms with E-state index in [0.29, 0.717) is 6.42 Å². The van der Waals surface area contributed by atoms with Crippen molar-refractivity contribution in [3.63, 3.8) is 0 Å². The SMILES string of the molecule is COc1ccc(NC(=O)C2CC(C)CC(=O)C2C(C)C)cc1. The van der Waals surface area contributed by atoms with Gasteiger partial charge in [-0.1, -0.05) is 20.8 Å². The van der Waals surface area contributed by atoms with E-state index in [1.807, 2.05) is 45.0 Å². The Morgan fingerprint density at radius 1 is 1.27 bits per heavy atom. The number of carbonyl (C=O) groups is 2. The summed E-state index contributed by atoms with van der Waals surface area (Å²) in [4.78, 5) is 24.9. The van der Waals surface area contributed by atoms with Crippen LogP contribution in [0.1, 0.15) is 33.6 Å². The number of hydrogen-bond donors (Lipinski definition) is 1. The maximum absolute atomic E-state index is 12.6. The third-order valence-corrected chi connectivity index (χ3v) is 4.42. The molecule has 1 N–H and O–H groups in total. The molecule has 1 amide bonds. The van der Waals surface area contributed by atoms with Gasteiger partial charge in [0.15, 0.2) is 0 Å². The summed E-state index contributed by atoms with van der Waals surface area (Å²) in [6.07, 6.45) is 1.37. The fourth-order valence-electron chi connectivity index (χ4n) is 3.38. The van der Waals surface area contributed by atoms with Crippen LogP contribution < -0.4 is 10.1 Å². The molecule has 0 spiro atoms. The van der Waals surface area contributed by atoms with Gasteiger partial charge in [0.25, 0.3) is 0 Å². The van der Waals surface area contributed by atoms with Crippen LogP contribution in [0.4, 0.5) is 5.69 Å². The van der Waals surface area contributed by atoms with E-state index in [0.717, 1.165) is 17.9 Å². The number of carbonyl (C=O) groups excluding carboxylic acids is 2. The van der Waals surface area contributed by atoms with Gasteiger partial charge in [0, 0.05) is 23.9 Å². The van der Waals surface area contributed by atoms with Gasteiger partial charge in [-0.25, -0.2) is 0 Å².